The molecule has 1 heterocycles. The van der Waals surface area contributed by atoms with Crippen LogP contribution in [0, 0.1) is 0 Å². The minimum atomic E-state index is -0.166. The van der Waals surface area contributed by atoms with Crippen LogP contribution in [0.2, 0.25) is 0 Å². The Bertz CT molecular complexity index is 115. The summed E-state index contributed by atoms with van der Waals surface area (Å²) in [5, 5.41) is 9.30. The summed E-state index contributed by atoms with van der Waals surface area (Å²) in [5.74, 6) is 0. The van der Waals surface area contributed by atoms with E-state index in [1.165, 1.54) is 51.6 Å². The van der Waals surface area contributed by atoms with Gasteiger partial charge in [0.05, 0.1) is 6.10 Å². The second-order valence-electron chi connectivity index (χ2n) is 4.27. The molecule has 0 saturated carbocycles. The van der Waals surface area contributed by atoms with Crippen molar-refractivity contribution in [3.63, 3.8) is 0 Å². The average Bonchev–Trinajstić information content (AvgIpc) is 2.17. The van der Waals surface area contributed by atoms with Gasteiger partial charge in [-0.05, 0) is 32.9 Å². The smallest absolute Gasteiger partial charge is 0.0639 e. The van der Waals surface area contributed by atoms with E-state index in [0.29, 0.717) is 0 Å². The van der Waals surface area contributed by atoms with E-state index in [-0.39, 0.29) is 6.10 Å². The maximum Gasteiger partial charge on any atom is 0.0639 e. The fourth-order valence-corrected chi connectivity index (χ4v) is 2.05. The van der Waals surface area contributed by atoms with Crippen LogP contribution >= 0.6 is 0 Å². The van der Waals surface area contributed by atoms with Gasteiger partial charge in [-0.2, -0.15) is 0 Å². The van der Waals surface area contributed by atoms with Gasteiger partial charge in [0.2, 0.25) is 0 Å². The number of nitrogens with zero attached hydrogens (tertiary/aromatic N) is 1. The molecule has 1 N–H and O–H groups in total. The highest BCUT2D eigenvalue weighted by atomic mass is 16.3. The molecule has 0 aromatic heterocycles. The van der Waals surface area contributed by atoms with Gasteiger partial charge in [0.15, 0.2) is 0 Å². The molecule has 1 aliphatic heterocycles. The number of hydrogen-bond donors (Lipinski definition) is 1. The Labute approximate surface area is 81.9 Å². The van der Waals surface area contributed by atoms with Gasteiger partial charge in [-0.3, -0.25) is 0 Å². The lowest BCUT2D eigenvalue weighted by Gasteiger charge is -2.22. The third-order valence-electron chi connectivity index (χ3n) is 2.72. The lowest BCUT2D eigenvalue weighted by molar-refractivity contribution is 0.125. The third kappa shape index (κ3) is 5.27. The molecular weight excluding hydrogens is 162 g/mol. The van der Waals surface area contributed by atoms with Crippen LogP contribution in [0.15, 0.2) is 0 Å². The van der Waals surface area contributed by atoms with Crippen molar-refractivity contribution in [3.8, 4) is 0 Å². The van der Waals surface area contributed by atoms with Gasteiger partial charge in [0.1, 0.15) is 0 Å². The van der Waals surface area contributed by atoms with Crippen LogP contribution in [-0.4, -0.2) is 35.7 Å². The second kappa shape index (κ2) is 6.39. The largest absolute Gasteiger partial charge is 0.392 e. The topological polar surface area (TPSA) is 23.5 Å². The molecule has 13 heavy (non-hydrogen) atoms. The highest BCUT2D eigenvalue weighted by Gasteiger charge is 2.08. The predicted molar refractivity (Wildman–Crippen MR) is 55.8 cm³/mol. The molecule has 1 atom stereocenters. The van der Waals surface area contributed by atoms with Gasteiger partial charge in [0, 0.05) is 6.54 Å². The summed E-state index contributed by atoms with van der Waals surface area (Å²) in [4.78, 5) is 2.41. The quantitative estimate of drug-likeness (QED) is 0.711. The molecule has 1 aliphatic rings. The first-order chi connectivity index (χ1) is 6.29. The first-order valence-electron chi connectivity index (χ1n) is 5.69. The van der Waals surface area contributed by atoms with Crippen molar-refractivity contribution in [2.75, 3.05) is 19.6 Å². The van der Waals surface area contributed by atoms with Gasteiger partial charge in [-0.1, -0.05) is 25.7 Å². The standard InChI is InChI=1S/C11H23NO/c1-11(13)10-12-8-6-4-2-3-5-7-9-12/h11,13H,2-10H2,1H3. The fourth-order valence-electron chi connectivity index (χ4n) is 2.05. The maximum atomic E-state index is 9.30. The molecule has 78 valence electrons. The molecule has 0 spiro atoms. The zero-order valence-electron chi connectivity index (χ0n) is 8.84. The molecule has 0 aromatic carbocycles. The lowest BCUT2D eigenvalue weighted by atomic mass is 10.1. The molecule has 2 nitrogen and oxygen atoms in total. The number of β-amino-alcohol motifs (C(OH)–C–C–N with tert-alkyl or cyclic N) is 1. The summed E-state index contributed by atoms with van der Waals surface area (Å²) < 4.78 is 0. The summed E-state index contributed by atoms with van der Waals surface area (Å²) in [6, 6.07) is 0. The summed E-state index contributed by atoms with van der Waals surface area (Å²) in [7, 11) is 0. The molecule has 0 bridgehead atoms. The van der Waals surface area contributed by atoms with Crippen molar-refractivity contribution < 1.29 is 5.11 Å². The molecule has 0 aliphatic carbocycles. The van der Waals surface area contributed by atoms with Crippen molar-refractivity contribution in [2.24, 2.45) is 0 Å². The molecule has 0 amide bonds. The summed E-state index contributed by atoms with van der Waals surface area (Å²) in [5.41, 5.74) is 0. The van der Waals surface area contributed by atoms with E-state index in [9.17, 15) is 5.11 Å². The van der Waals surface area contributed by atoms with Gasteiger partial charge in [-0.25, -0.2) is 0 Å². The Morgan fingerprint density at radius 3 is 1.92 bits per heavy atom. The average molecular weight is 185 g/mol. The maximum absolute atomic E-state index is 9.30. The van der Waals surface area contributed by atoms with Crippen LogP contribution in [0.4, 0.5) is 0 Å². The third-order valence-corrected chi connectivity index (χ3v) is 2.72. The number of hydrogen-bond acceptors (Lipinski definition) is 2. The zero-order valence-corrected chi connectivity index (χ0v) is 8.84. The van der Waals surface area contributed by atoms with Crippen LogP contribution in [0.3, 0.4) is 0 Å². The van der Waals surface area contributed by atoms with Gasteiger partial charge < -0.3 is 10.0 Å². The van der Waals surface area contributed by atoms with Crippen LogP contribution in [-0.2, 0) is 0 Å². The van der Waals surface area contributed by atoms with Crippen LogP contribution in [0.25, 0.3) is 0 Å². The molecular formula is C11H23NO. The molecule has 0 radical (unpaired) electrons. The Morgan fingerprint density at radius 2 is 1.46 bits per heavy atom. The summed E-state index contributed by atoms with van der Waals surface area (Å²) >= 11 is 0. The van der Waals surface area contributed by atoms with Crippen LogP contribution in [0.1, 0.15) is 45.4 Å². The second-order valence-corrected chi connectivity index (χ2v) is 4.27. The molecule has 1 unspecified atom stereocenters. The molecule has 1 saturated heterocycles. The Hall–Kier alpha value is -0.0800. The summed E-state index contributed by atoms with van der Waals surface area (Å²) in [6.45, 7) is 5.11. The number of aliphatic hydroxyl groups excluding tert-OH is 1. The van der Waals surface area contributed by atoms with Gasteiger partial charge in [-0.15, -0.1) is 0 Å². The van der Waals surface area contributed by atoms with Gasteiger partial charge in [0.25, 0.3) is 0 Å². The first-order valence-corrected chi connectivity index (χ1v) is 5.69. The van der Waals surface area contributed by atoms with Crippen molar-refractivity contribution in [2.45, 2.75) is 51.6 Å². The fraction of sp³-hybridized carbons (Fsp3) is 1.00. The van der Waals surface area contributed by atoms with Crippen molar-refractivity contribution >= 4 is 0 Å². The van der Waals surface area contributed by atoms with Crippen LogP contribution < -0.4 is 0 Å². The lowest BCUT2D eigenvalue weighted by Crippen LogP contribution is -2.32. The van der Waals surface area contributed by atoms with Crippen molar-refractivity contribution in [1.29, 1.82) is 0 Å². The van der Waals surface area contributed by atoms with Gasteiger partial charge >= 0.3 is 0 Å². The van der Waals surface area contributed by atoms with Crippen LogP contribution in [0.5, 0.6) is 0 Å². The van der Waals surface area contributed by atoms with E-state index in [2.05, 4.69) is 4.90 Å². The van der Waals surface area contributed by atoms with Crippen molar-refractivity contribution in [1.82, 2.24) is 4.90 Å². The van der Waals surface area contributed by atoms with E-state index >= 15 is 0 Å². The van der Waals surface area contributed by atoms with E-state index in [4.69, 9.17) is 0 Å². The highest BCUT2D eigenvalue weighted by molar-refractivity contribution is 4.63. The normalized spacial score (nSPS) is 24.5. The van der Waals surface area contributed by atoms with Crippen molar-refractivity contribution in [3.05, 3.63) is 0 Å². The molecule has 1 fully saturated rings. The minimum absolute atomic E-state index is 0.166. The van der Waals surface area contributed by atoms with E-state index < -0.39 is 0 Å². The number of rotatable bonds is 2. The van der Waals surface area contributed by atoms with E-state index in [0.717, 1.165) is 6.54 Å². The molecule has 2 heteroatoms. The van der Waals surface area contributed by atoms with E-state index in [1.54, 1.807) is 0 Å². The molecule has 0 aromatic rings. The number of aliphatic hydroxyl groups is 1. The predicted octanol–water partition coefficient (Wildman–Crippen LogP) is 2.02. The Balaban J connectivity index is 2.24. The molecule has 1 rings (SSSR count). The Kier molecular flexibility index (Phi) is 5.40. The summed E-state index contributed by atoms with van der Waals surface area (Å²) in [6.07, 6.45) is 8.01. The van der Waals surface area contributed by atoms with E-state index in [1.807, 2.05) is 6.92 Å². The zero-order chi connectivity index (χ0) is 9.52. The minimum Gasteiger partial charge on any atom is -0.392 e. The SMILES string of the molecule is CC(O)CN1CCCCCCCC1. The Morgan fingerprint density at radius 1 is 1.00 bits per heavy atom. The highest BCUT2D eigenvalue weighted by Crippen LogP contribution is 2.11. The first kappa shape index (κ1) is 11.0. The monoisotopic (exact) mass is 185 g/mol.